The van der Waals surface area contributed by atoms with Crippen molar-refractivity contribution in [2.24, 2.45) is 0 Å². The third-order valence-electron chi connectivity index (χ3n) is 14.3. The van der Waals surface area contributed by atoms with Crippen LogP contribution in [0.25, 0.3) is 0 Å². The molecule has 0 aliphatic heterocycles. The van der Waals surface area contributed by atoms with Crippen LogP contribution in [0.2, 0.25) is 0 Å². The van der Waals surface area contributed by atoms with Crippen molar-refractivity contribution in [1.29, 1.82) is 0 Å². The predicted molar refractivity (Wildman–Crippen MR) is 298 cm³/mol. The number of ether oxygens (including phenoxy) is 3. The van der Waals surface area contributed by atoms with Gasteiger partial charge in [-0.15, -0.1) is 0 Å². The minimum absolute atomic E-state index is 0.0681. The summed E-state index contributed by atoms with van der Waals surface area (Å²) in [5.41, 5.74) is 0. The molecule has 1 unspecified atom stereocenters. The highest BCUT2D eigenvalue weighted by Gasteiger charge is 2.19. The largest absolute Gasteiger partial charge is 0.462 e. The van der Waals surface area contributed by atoms with E-state index < -0.39 is 6.10 Å². The molecule has 0 aromatic heterocycles. The van der Waals surface area contributed by atoms with Crippen LogP contribution in [0.5, 0.6) is 0 Å². The molecule has 0 aliphatic carbocycles. The monoisotopic (exact) mass is 973 g/mol. The molecule has 408 valence electrons. The first kappa shape index (κ1) is 67.1. The molecule has 0 rings (SSSR count). The van der Waals surface area contributed by atoms with Crippen LogP contribution in [0.4, 0.5) is 0 Å². The molecule has 69 heavy (non-hydrogen) atoms. The second-order valence-electron chi connectivity index (χ2n) is 21.3. The van der Waals surface area contributed by atoms with Gasteiger partial charge in [0.1, 0.15) is 13.2 Å². The van der Waals surface area contributed by atoms with Gasteiger partial charge >= 0.3 is 17.9 Å². The van der Waals surface area contributed by atoms with E-state index >= 15 is 0 Å². The van der Waals surface area contributed by atoms with E-state index in [1.807, 2.05) is 0 Å². The van der Waals surface area contributed by atoms with E-state index in [-0.39, 0.29) is 31.1 Å². The van der Waals surface area contributed by atoms with Crippen LogP contribution < -0.4 is 0 Å². The number of hydrogen-bond acceptors (Lipinski definition) is 6. The third-order valence-corrected chi connectivity index (χ3v) is 14.3. The summed E-state index contributed by atoms with van der Waals surface area (Å²) in [6.07, 6.45) is 68.3. The average Bonchev–Trinajstić information content (AvgIpc) is 3.35. The van der Waals surface area contributed by atoms with Crippen molar-refractivity contribution >= 4 is 17.9 Å². The van der Waals surface area contributed by atoms with Crippen molar-refractivity contribution in [3.63, 3.8) is 0 Å². The van der Waals surface area contributed by atoms with Crippen molar-refractivity contribution < 1.29 is 28.6 Å². The first-order chi connectivity index (χ1) is 34.0. The summed E-state index contributed by atoms with van der Waals surface area (Å²) in [5, 5.41) is 0. The Balaban J connectivity index is 3.97. The Morgan fingerprint density at radius 3 is 0.739 bits per heavy atom. The molecule has 0 aromatic rings. The van der Waals surface area contributed by atoms with E-state index in [9.17, 15) is 14.4 Å². The Hall–Kier alpha value is -1.85. The highest BCUT2D eigenvalue weighted by Crippen LogP contribution is 2.18. The summed E-state index contributed by atoms with van der Waals surface area (Å²) in [6, 6.07) is 0. The van der Waals surface area contributed by atoms with Gasteiger partial charge in [-0.2, -0.15) is 0 Å². The Morgan fingerprint density at radius 2 is 0.478 bits per heavy atom. The lowest BCUT2D eigenvalue weighted by atomic mass is 10.0. The molecule has 0 radical (unpaired) electrons. The molecule has 0 N–H and O–H groups in total. The highest BCUT2D eigenvalue weighted by molar-refractivity contribution is 5.71. The van der Waals surface area contributed by atoms with E-state index in [0.29, 0.717) is 19.3 Å². The lowest BCUT2D eigenvalue weighted by molar-refractivity contribution is -0.167. The van der Waals surface area contributed by atoms with E-state index in [2.05, 4.69) is 32.9 Å². The summed E-state index contributed by atoms with van der Waals surface area (Å²) in [7, 11) is 0. The fourth-order valence-electron chi connectivity index (χ4n) is 9.56. The molecule has 1 atom stereocenters. The van der Waals surface area contributed by atoms with Gasteiger partial charge in [0.15, 0.2) is 6.10 Å². The van der Waals surface area contributed by atoms with Crippen LogP contribution in [0.3, 0.4) is 0 Å². The Kier molecular flexibility index (Phi) is 57.1. The lowest BCUT2D eigenvalue weighted by Crippen LogP contribution is -2.30. The molecule has 0 saturated carbocycles. The zero-order valence-corrected chi connectivity index (χ0v) is 46.9. The van der Waals surface area contributed by atoms with E-state index in [1.54, 1.807) is 0 Å². The van der Waals surface area contributed by atoms with Crippen molar-refractivity contribution in [2.45, 2.75) is 361 Å². The minimum atomic E-state index is -0.767. The molecular weight excluding hydrogens is 853 g/mol. The van der Waals surface area contributed by atoms with E-state index in [1.165, 1.54) is 250 Å². The first-order valence-electron chi connectivity index (χ1n) is 31.2. The van der Waals surface area contributed by atoms with Crippen molar-refractivity contribution in [1.82, 2.24) is 0 Å². The fourth-order valence-corrected chi connectivity index (χ4v) is 9.56. The summed E-state index contributed by atoms with van der Waals surface area (Å²) < 4.78 is 16.8. The maximum Gasteiger partial charge on any atom is 0.306 e. The van der Waals surface area contributed by atoms with Crippen LogP contribution in [-0.4, -0.2) is 37.2 Å². The summed E-state index contributed by atoms with van der Waals surface area (Å²) >= 11 is 0. The first-order valence-corrected chi connectivity index (χ1v) is 31.2. The average molecular weight is 974 g/mol. The number of unbranched alkanes of at least 4 members (excludes halogenated alkanes) is 45. The number of allylic oxidation sites excluding steroid dienone is 2. The fraction of sp³-hybridized carbons (Fsp3) is 0.921. The van der Waals surface area contributed by atoms with Gasteiger partial charge in [0.05, 0.1) is 0 Å². The third kappa shape index (κ3) is 56.9. The van der Waals surface area contributed by atoms with Gasteiger partial charge in [0, 0.05) is 19.3 Å². The smallest absolute Gasteiger partial charge is 0.306 e. The zero-order valence-electron chi connectivity index (χ0n) is 46.9. The van der Waals surface area contributed by atoms with E-state index in [0.717, 1.165) is 64.2 Å². The van der Waals surface area contributed by atoms with Gasteiger partial charge in [0.25, 0.3) is 0 Å². The molecule has 6 nitrogen and oxygen atoms in total. The molecule has 0 fully saturated rings. The van der Waals surface area contributed by atoms with Gasteiger partial charge in [-0.25, -0.2) is 0 Å². The zero-order chi connectivity index (χ0) is 50.0. The van der Waals surface area contributed by atoms with Gasteiger partial charge in [-0.3, -0.25) is 14.4 Å². The van der Waals surface area contributed by atoms with Gasteiger partial charge < -0.3 is 14.2 Å². The number of rotatable bonds is 58. The van der Waals surface area contributed by atoms with Gasteiger partial charge in [0.2, 0.25) is 0 Å². The highest BCUT2D eigenvalue weighted by atomic mass is 16.6. The van der Waals surface area contributed by atoms with Crippen molar-refractivity contribution in [3.05, 3.63) is 12.2 Å². The molecule has 6 heteroatoms. The summed E-state index contributed by atoms with van der Waals surface area (Å²) in [4.78, 5) is 38.0. The predicted octanol–water partition coefficient (Wildman–Crippen LogP) is 20.9. The number of carbonyl (C=O) groups excluding carboxylic acids is 3. The van der Waals surface area contributed by atoms with E-state index in [4.69, 9.17) is 14.2 Å². The molecule has 0 heterocycles. The summed E-state index contributed by atoms with van der Waals surface area (Å²) in [6.45, 7) is 6.64. The van der Waals surface area contributed by atoms with Crippen LogP contribution in [0, 0.1) is 0 Å². The number of carbonyl (C=O) groups is 3. The van der Waals surface area contributed by atoms with Crippen LogP contribution in [0.1, 0.15) is 355 Å². The summed E-state index contributed by atoms with van der Waals surface area (Å²) in [5.74, 6) is -0.860. The lowest BCUT2D eigenvalue weighted by Gasteiger charge is -2.18. The SMILES string of the molecule is CCCCCC/C=C\CCCCCCCC(=O)OC(COC(=O)CCCCCCCCCC)COC(=O)CCCCCCCCCCCCCCCCCCCCCCCCCCCCCCCC. The molecule has 0 bridgehead atoms. The normalized spacial score (nSPS) is 12.0. The minimum Gasteiger partial charge on any atom is -0.462 e. The molecule has 0 amide bonds. The van der Waals surface area contributed by atoms with Crippen LogP contribution in [-0.2, 0) is 28.6 Å². The Morgan fingerprint density at radius 1 is 0.275 bits per heavy atom. The maximum atomic E-state index is 12.8. The second-order valence-corrected chi connectivity index (χ2v) is 21.3. The van der Waals surface area contributed by atoms with Crippen LogP contribution in [0.15, 0.2) is 12.2 Å². The molecule has 0 spiro atoms. The Bertz CT molecular complexity index is 1070. The standard InChI is InChI=1S/C63H120O6/c1-4-7-10-13-16-19-21-23-24-25-26-27-28-29-30-31-32-33-34-35-36-37-38-39-41-42-44-47-50-53-56-62(65)68-59-60(58-67-61(64)55-52-49-46-18-15-12-9-6-3)69-63(66)57-54-51-48-45-43-40-22-20-17-14-11-8-5-2/h20,22,60H,4-19,21,23-59H2,1-3H3/b22-20-. The van der Waals surface area contributed by atoms with Crippen LogP contribution >= 0.6 is 0 Å². The molecule has 0 aromatic carbocycles. The van der Waals surface area contributed by atoms with Gasteiger partial charge in [-0.05, 0) is 44.9 Å². The molecular formula is C63H120O6. The quantitative estimate of drug-likeness (QED) is 0.0261. The molecule has 0 saturated heterocycles. The van der Waals surface area contributed by atoms with Crippen molar-refractivity contribution in [3.8, 4) is 0 Å². The number of hydrogen-bond donors (Lipinski definition) is 0. The maximum absolute atomic E-state index is 12.8. The van der Waals surface area contributed by atoms with Crippen molar-refractivity contribution in [2.75, 3.05) is 13.2 Å². The second kappa shape index (κ2) is 58.7. The molecule has 0 aliphatic rings. The number of esters is 3. The van der Waals surface area contributed by atoms with Gasteiger partial charge in [-0.1, -0.05) is 303 Å². The Labute approximate surface area is 431 Å². The topological polar surface area (TPSA) is 78.9 Å².